The van der Waals surface area contributed by atoms with Crippen molar-refractivity contribution in [2.24, 2.45) is 0 Å². The van der Waals surface area contributed by atoms with Crippen LogP contribution in [0.3, 0.4) is 0 Å². The average Bonchev–Trinajstić information content (AvgIpc) is 2.75. The van der Waals surface area contributed by atoms with Crippen molar-refractivity contribution in [1.29, 1.82) is 0 Å². The van der Waals surface area contributed by atoms with Crippen molar-refractivity contribution >= 4 is 26.8 Å². The molecule has 0 aliphatic carbocycles. The summed E-state index contributed by atoms with van der Waals surface area (Å²) < 4.78 is 31.3. The van der Waals surface area contributed by atoms with Gasteiger partial charge in [-0.15, -0.1) is 0 Å². The second-order valence-corrected chi connectivity index (χ2v) is 9.10. The van der Waals surface area contributed by atoms with Crippen molar-refractivity contribution in [3.63, 3.8) is 0 Å². The number of hydrogen-bond acceptors (Lipinski definition) is 4. The van der Waals surface area contributed by atoms with Gasteiger partial charge >= 0.3 is 6.03 Å². The fourth-order valence-electron chi connectivity index (χ4n) is 3.03. The average molecular weight is 428 g/mol. The third-order valence-electron chi connectivity index (χ3n) is 4.74. The summed E-state index contributed by atoms with van der Waals surface area (Å²) in [5.74, 6) is 0.796. The van der Waals surface area contributed by atoms with Crippen LogP contribution in [0.15, 0.2) is 65.6 Å². The highest BCUT2D eigenvalue weighted by atomic mass is 32.2. The molecule has 0 aliphatic heterocycles. The van der Waals surface area contributed by atoms with Crippen LogP contribution in [0.2, 0.25) is 0 Å². The Morgan fingerprint density at radius 1 is 0.933 bits per heavy atom. The van der Waals surface area contributed by atoms with Crippen molar-refractivity contribution < 1.29 is 17.9 Å². The van der Waals surface area contributed by atoms with Crippen LogP contribution in [0, 0.1) is 0 Å². The van der Waals surface area contributed by atoms with E-state index in [-0.39, 0.29) is 17.5 Å². The van der Waals surface area contributed by atoms with E-state index in [1.165, 1.54) is 20.2 Å². The lowest BCUT2D eigenvalue weighted by atomic mass is 10.1. The predicted octanol–water partition coefficient (Wildman–Crippen LogP) is 3.10. The standard InChI is InChI=1S/C22H25N3O4S/c1-25(2)30(27,28)21-7-5-4-6-19(21)15-24-22(26)23-14-16-8-9-18-13-20(29-3)11-10-17(18)12-16/h4-13H,14-15H2,1-3H3,(H2,23,24,26). The summed E-state index contributed by atoms with van der Waals surface area (Å²) in [6.45, 7) is 0.456. The Hall–Kier alpha value is -3.10. The SMILES string of the molecule is COc1ccc2cc(CNC(=O)NCc3ccccc3S(=O)(=O)N(C)C)ccc2c1. The lowest BCUT2D eigenvalue weighted by Crippen LogP contribution is -2.35. The lowest BCUT2D eigenvalue weighted by Gasteiger charge is -2.15. The molecule has 3 rings (SSSR count). The Kier molecular flexibility index (Phi) is 6.59. The smallest absolute Gasteiger partial charge is 0.315 e. The maximum atomic E-state index is 12.4. The van der Waals surface area contributed by atoms with E-state index in [0.717, 1.165) is 26.4 Å². The van der Waals surface area contributed by atoms with Crippen molar-refractivity contribution in [3.05, 3.63) is 71.8 Å². The molecule has 3 aromatic rings. The molecule has 0 atom stereocenters. The van der Waals surface area contributed by atoms with Crippen LogP contribution in [0.5, 0.6) is 5.75 Å². The molecule has 0 spiro atoms. The molecule has 0 heterocycles. The van der Waals surface area contributed by atoms with Gasteiger partial charge in [-0.05, 0) is 46.2 Å². The highest BCUT2D eigenvalue weighted by molar-refractivity contribution is 7.89. The second-order valence-electron chi connectivity index (χ2n) is 6.98. The van der Waals surface area contributed by atoms with Gasteiger partial charge in [-0.3, -0.25) is 0 Å². The number of carbonyl (C=O) groups excluding carboxylic acids is 1. The first-order chi connectivity index (χ1) is 14.3. The highest BCUT2D eigenvalue weighted by Gasteiger charge is 2.20. The summed E-state index contributed by atoms with van der Waals surface area (Å²) in [6.07, 6.45) is 0. The summed E-state index contributed by atoms with van der Waals surface area (Å²) in [5.41, 5.74) is 1.49. The van der Waals surface area contributed by atoms with E-state index < -0.39 is 10.0 Å². The van der Waals surface area contributed by atoms with Gasteiger partial charge in [-0.25, -0.2) is 17.5 Å². The molecule has 0 saturated carbocycles. The van der Waals surface area contributed by atoms with Gasteiger partial charge in [0.2, 0.25) is 10.0 Å². The summed E-state index contributed by atoms with van der Waals surface area (Å²) in [7, 11) is 1.00. The maximum absolute atomic E-state index is 12.4. The van der Waals surface area contributed by atoms with Crippen molar-refractivity contribution in [3.8, 4) is 5.75 Å². The largest absolute Gasteiger partial charge is 0.497 e. The maximum Gasteiger partial charge on any atom is 0.315 e. The minimum Gasteiger partial charge on any atom is -0.497 e. The van der Waals surface area contributed by atoms with Gasteiger partial charge in [0.25, 0.3) is 0 Å². The quantitative estimate of drug-likeness (QED) is 0.607. The first-order valence-corrected chi connectivity index (χ1v) is 10.8. The number of amides is 2. The summed E-state index contributed by atoms with van der Waals surface area (Å²) in [4.78, 5) is 12.4. The van der Waals surface area contributed by atoms with E-state index in [1.54, 1.807) is 25.3 Å². The molecular formula is C22H25N3O4S. The molecule has 158 valence electrons. The Labute approximate surface area is 176 Å². The molecule has 0 bridgehead atoms. The minimum atomic E-state index is -3.58. The number of hydrogen-bond donors (Lipinski definition) is 2. The van der Waals surface area contributed by atoms with Gasteiger partial charge < -0.3 is 15.4 Å². The number of urea groups is 1. The third kappa shape index (κ3) is 4.90. The fraction of sp³-hybridized carbons (Fsp3) is 0.227. The minimum absolute atomic E-state index is 0.104. The monoisotopic (exact) mass is 427 g/mol. The van der Waals surface area contributed by atoms with Crippen molar-refractivity contribution in [2.75, 3.05) is 21.2 Å². The number of nitrogens with zero attached hydrogens (tertiary/aromatic N) is 1. The number of benzene rings is 3. The highest BCUT2D eigenvalue weighted by Crippen LogP contribution is 2.22. The van der Waals surface area contributed by atoms with Gasteiger partial charge in [0.1, 0.15) is 5.75 Å². The van der Waals surface area contributed by atoms with Gasteiger partial charge in [0.15, 0.2) is 0 Å². The van der Waals surface area contributed by atoms with E-state index >= 15 is 0 Å². The Morgan fingerprint density at radius 2 is 1.60 bits per heavy atom. The molecule has 0 aliphatic rings. The second kappa shape index (κ2) is 9.15. The number of carbonyl (C=O) groups is 1. The van der Waals surface area contributed by atoms with Gasteiger partial charge in [0, 0.05) is 27.2 Å². The van der Waals surface area contributed by atoms with Crippen LogP contribution >= 0.6 is 0 Å². The normalized spacial score (nSPS) is 11.5. The molecule has 7 nitrogen and oxygen atoms in total. The fourth-order valence-corrected chi connectivity index (χ4v) is 4.14. The van der Waals surface area contributed by atoms with Gasteiger partial charge in [-0.2, -0.15) is 0 Å². The van der Waals surface area contributed by atoms with Crippen LogP contribution in [-0.2, 0) is 23.1 Å². The number of fused-ring (bicyclic) bond motifs is 1. The summed E-state index contributed by atoms with van der Waals surface area (Å²) in [6, 6.07) is 18.0. The Morgan fingerprint density at radius 3 is 2.33 bits per heavy atom. The number of ether oxygens (including phenoxy) is 1. The van der Waals surface area contributed by atoms with E-state index in [1.807, 2.05) is 36.4 Å². The van der Waals surface area contributed by atoms with Crippen LogP contribution in [0.25, 0.3) is 10.8 Å². The molecule has 2 amide bonds. The lowest BCUT2D eigenvalue weighted by molar-refractivity contribution is 0.240. The molecule has 30 heavy (non-hydrogen) atoms. The molecule has 8 heteroatoms. The number of methoxy groups -OCH3 is 1. The first kappa shape index (κ1) is 21.6. The molecule has 3 aromatic carbocycles. The number of nitrogens with one attached hydrogen (secondary N) is 2. The zero-order valence-electron chi connectivity index (χ0n) is 17.2. The van der Waals surface area contributed by atoms with Crippen molar-refractivity contribution in [2.45, 2.75) is 18.0 Å². The molecule has 0 fully saturated rings. The Bertz CT molecular complexity index is 1160. The molecule has 0 radical (unpaired) electrons. The predicted molar refractivity (Wildman–Crippen MR) is 117 cm³/mol. The van der Waals surface area contributed by atoms with Crippen LogP contribution in [0.1, 0.15) is 11.1 Å². The van der Waals surface area contributed by atoms with E-state index in [9.17, 15) is 13.2 Å². The van der Waals surface area contributed by atoms with Crippen molar-refractivity contribution in [1.82, 2.24) is 14.9 Å². The molecular weight excluding hydrogens is 402 g/mol. The third-order valence-corrected chi connectivity index (χ3v) is 6.65. The van der Waals surface area contributed by atoms with Gasteiger partial charge in [-0.1, -0.05) is 36.4 Å². The summed E-state index contributed by atoms with van der Waals surface area (Å²) in [5, 5.41) is 7.64. The van der Waals surface area contributed by atoms with E-state index in [0.29, 0.717) is 12.1 Å². The zero-order valence-corrected chi connectivity index (χ0v) is 18.0. The molecule has 0 saturated heterocycles. The van der Waals surface area contributed by atoms with E-state index in [2.05, 4.69) is 10.6 Å². The van der Waals surface area contributed by atoms with Crippen LogP contribution in [-0.4, -0.2) is 40.0 Å². The molecule has 0 aromatic heterocycles. The number of rotatable bonds is 7. The molecule has 0 unspecified atom stereocenters. The summed E-state index contributed by atoms with van der Waals surface area (Å²) >= 11 is 0. The first-order valence-electron chi connectivity index (χ1n) is 9.40. The zero-order chi connectivity index (χ0) is 21.7. The van der Waals surface area contributed by atoms with E-state index in [4.69, 9.17) is 4.74 Å². The molecule has 2 N–H and O–H groups in total. The Balaban J connectivity index is 1.62. The van der Waals surface area contributed by atoms with Crippen LogP contribution < -0.4 is 15.4 Å². The topological polar surface area (TPSA) is 87.7 Å². The number of sulfonamides is 1. The van der Waals surface area contributed by atoms with Crippen LogP contribution in [0.4, 0.5) is 4.79 Å². The van der Waals surface area contributed by atoms with Gasteiger partial charge in [0.05, 0.1) is 12.0 Å².